The maximum Gasteiger partial charge on any atom is 0.298 e. The van der Waals surface area contributed by atoms with Crippen molar-refractivity contribution in [3.05, 3.63) is 69.1 Å². The molecule has 1 saturated heterocycles. The van der Waals surface area contributed by atoms with Gasteiger partial charge in [-0.3, -0.25) is 4.79 Å². The number of likely N-dealkylation sites (tertiary alicyclic amines) is 1. The number of alkyl halides is 2. The van der Waals surface area contributed by atoms with Crippen molar-refractivity contribution in [2.75, 3.05) is 13.1 Å². The van der Waals surface area contributed by atoms with Gasteiger partial charge in [0.15, 0.2) is 6.04 Å². The Bertz CT molecular complexity index is 1460. The van der Waals surface area contributed by atoms with E-state index in [1.807, 2.05) is 18.6 Å². The summed E-state index contributed by atoms with van der Waals surface area (Å²) in [5.74, 6) is -4.25. The van der Waals surface area contributed by atoms with Crippen molar-refractivity contribution < 1.29 is 26.7 Å². The van der Waals surface area contributed by atoms with E-state index in [1.165, 1.54) is 29.2 Å². The lowest BCUT2D eigenvalue weighted by Gasteiger charge is -2.35. The monoisotopic (exact) mass is 687 g/mol. The van der Waals surface area contributed by atoms with Crippen LogP contribution >= 0.6 is 31.9 Å². The molecule has 1 fully saturated rings. The maximum atomic E-state index is 15.9. The number of piperidine rings is 1. The molecule has 0 aliphatic carbocycles. The second-order valence-corrected chi connectivity index (χ2v) is 13.2. The molecule has 7 nitrogen and oxygen atoms in total. The lowest BCUT2D eigenvalue weighted by Crippen LogP contribution is -2.57. The number of hydrogen-bond acceptors (Lipinski definition) is 5. The van der Waals surface area contributed by atoms with Crippen LogP contribution in [0.15, 0.2) is 68.4 Å². The Labute approximate surface area is 243 Å². The van der Waals surface area contributed by atoms with Crippen molar-refractivity contribution in [1.82, 2.24) is 9.62 Å². The molecular formula is C27H29Br2F2N3O4S. The van der Waals surface area contributed by atoms with E-state index in [4.69, 9.17) is 10.5 Å². The van der Waals surface area contributed by atoms with E-state index >= 15 is 8.78 Å². The second-order valence-electron chi connectivity index (χ2n) is 9.77. The van der Waals surface area contributed by atoms with Crippen LogP contribution in [-0.2, 0) is 20.7 Å². The Morgan fingerprint density at radius 1 is 1.08 bits per heavy atom. The van der Waals surface area contributed by atoms with Gasteiger partial charge in [-0.2, -0.15) is 13.5 Å². The Kier molecular flexibility index (Phi) is 9.02. The number of nitrogens with one attached hydrogen (secondary N) is 1. The zero-order valence-corrected chi connectivity index (χ0v) is 25.3. The van der Waals surface area contributed by atoms with Crippen molar-refractivity contribution in [3.8, 4) is 5.75 Å². The van der Waals surface area contributed by atoms with Crippen molar-refractivity contribution in [2.45, 2.75) is 55.7 Å². The highest BCUT2D eigenvalue weighted by molar-refractivity contribution is 9.11. The molecule has 0 radical (unpaired) electrons. The van der Waals surface area contributed by atoms with Gasteiger partial charge >= 0.3 is 0 Å². The van der Waals surface area contributed by atoms with E-state index in [0.717, 1.165) is 12.1 Å². The van der Waals surface area contributed by atoms with Gasteiger partial charge in [-0.25, -0.2) is 8.42 Å². The van der Waals surface area contributed by atoms with Gasteiger partial charge < -0.3 is 15.4 Å². The zero-order valence-electron chi connectivity index (χ0n) is 21.3. The van der Waals surface area contributed by atoms with Crippen molar-refractivity contribution in [1.29, 1.82) is 0 Å². The summed E-state index contributed by atoms with van der Waals surface area (Å²) in [5.41, 5.74) is 5.43. The Balaban J connectivity index is 1.71. The molecule has 1 atom stereocenters. The first kappa shape index (κ1) is 29.9. The first-order valence-corrected chi connectivity index (χ1v) is 15.5. The summed E-state index contributed by atoms with van der Waals surface area (Å²) in [4.78, 5) is 14.4. The van der Waals surface area contributed by atoms with E-state index in [1.54, 1.807) is 18.2 Å². The smallest absolute Gasteiger partial charge is 0.298 e. The third kappa shape index (κ3) is 6.62. The van der Waals surface area contributed by atoms with Gasteiger partial charge in [0.25, 0.3) is 5.92 Å². The van der Waals surface area contributed by atoms with Gasteiger partial charge in [0.1, 0.15) is 5.75 Å². The third-order valence-corrected chi connectivity index (χ3v) is 9.29. The average Bonchev–Trinajstić information content (AvgIpc) is 2.89. The molecule has 1 amide bonds. The summed E-state index contributed by atoms with van der Waals surface area (Å²) >= 11 is 6.71. The molecule has 0 bridgehead atoms. The highest BCUT2D eigenvalue weighted by Crippen LogP contribution is 2.37. The largest absolute Gasteiger partial charge is 0.490 e. The van der Waals surface area contributed by atoms with E-state index in [0.29, 0.717) is 38.3 Å². The minimum Gasteiger partial charge on any atom is -0.490 e. The molecule has 1 aliphatic heterocycles. The van der Waals surface area contributed by atoms with Crippen LogP contribution in [0.25, 0.3) is 10.8 Å². The van der Waals surface area contributed by atoms with E-state index in [-0.39, 0.29) is 30.1 Å². The first-order chi connectivity index (χ1) is 18.3. The Hall–Kier alpha value is -2.12. The van der Waals surface area contributed by atoms with Crippen LogP contribution in [0.5, 0.6) is 5.75 Å². The number of amides is 1. The fourth-order valence-corrected chi connectivity index (χ4v) is 6.48. The molecule has 3 aromatic rings. The Morgan fingerprint density at radius 3 is 2.33 bits per heavy atom. The zero-order chi connectivity index (χ0) is 28.5. The quantitative estimate of drug-likeness (QED) is 0.324. The van der Waals surface area contributed by atoms with Gasteiger partial charge in [-0.1, -0.05) is 40.2 Å². The highest BCUT2D eigenvalue weighted by atomic mass is 79.9. The van der Waals surface area contributed by atoms with Crippen molar-refractivity contribution >= 4 is 58.6 Å². The van der Waals surface area contributed by atoms with E-state index < -0.39 is 33.5 Å². The van der Waals surface area contributed by atoms with Crippen LogP contribution < -0.4 is 15.2 Å². The predicted molar refractivity (Wildman–Crippen MR) is 153 cm³/mol. The summed E-state index contributed by atoms with van der Waals surface area (Å²) in [5, 5.41) is 1.23. The number of fused-ring (bicyclic) bond motifs is 1. The van der Waals surface area contributed by atoms with Crippen LogP contribution in [0.2, 0.25) is 0 Å². The molecule has 210 valence electrons. The van der Waals surface area contributed by atoms with Gasteiger partial charge in [0, 0.05) is 29.2 Å². The number of rotatable bonds is 8. The summed E-state index contributed by atoms with van der Waals surface area (Å²) < 4.78 is 67.8. The fourth-order valence-electron chi connectivity index (χ4n) is 4.41. The predicted octanol–water partition coefficient (Wildman–Crippen LogP) is 5.54. The number of nitrogens with zero attached hydrogens (tertiary/aromatic N) is 1. The van der Waals surface area contributed by atoms with Crippen LogP contribution in [0, 0.1) is 0 Å². The molecule has 1 aliphatic rings. The van der Waals surface area contributed by atoms with Crippen molar-refractivity contribution in [3.63, 3.8) is 0 Å². The fraction of sp³-hybridized carbons (Fsp3) is 0.370. The van der Waals surface area contributed by atoms with Crippen LogP contribution in [-0.4, -0.2) is 50.5 Å². The molecule has 0 saturated carbocycles. The summed E-state index contributed by atoms with van der Waals surface area (Å²) in [6.07, 6.45) is 0.814. The number of halogens is 4. The molecule has 0 spiro atoms. The second kappa shape index (κ2) is 11.8. The number of carbonyl (C=O) groups is 1. The number of carbonyl (C=O) groups excluding carboxylic acids is 1. The highest BCUT2D eigenvalue weighted by Gasteiger charge is 2.50. The minimum atomic E-state index is -4.54. The van der Waals surface area contributed by atoms with Gasteiger partial charge in [0.05, 0.1) is 15.5 Å². The molecule has 39 heavy (non-hydrogen) atoms. The molecule has 0 aromatic heterocycles. The minimum absolute atomic E-state index is 0.0693. The normalized spacial score (nSPS) is 16.1. The van der Waals surface area contributed by atoms with Gasteiger partial charge in [0.2, 0.25) is 15.9 Å². The van der Waals surface area contributed by atoms with E-state index in [9.17, 15) is 13.2 Å². The number of nitrogens with two attached hydrogens (primary N) is 1. The van der Waals surface area contributed by atoms with Gasteiger partial charge in [-0.15, -0.1) is 0 Å². The van der Waals surface area contributed by atoms with Gasteiger partial charge in [-0.05, 0) is 83.7 Å². The number of hydrogen-bond donors (Lipinski definition) is 2. The summed E-state index contributed by atoms with van der Waals surface area (Å²) in [6.45, 7) is 4.11. The van der Waals surface area contributed by atoms with Crippen LogP contribution in [0.1, 0.15) is 32.3 Å². The third-order valence-electron chi connectivity index (χ3n) is 6.53. The molecule has 3 aromatic carbocycles. The first-order valence-electron chi connectivity index (χ1n) is 12.4. The molecule has 4 rings (SSSR count). The molecule has 0 unspecified atom stereocenters. The SMILES string of the molecule is CC(C)Oc1ccc2cc(S(=O)(=O)N[C@H](C(=O)N3CCC(N)CC3)C(F)(F)c3ccc(Br)cc3)ccc2c1Br. The molecule has 3 N–H and O–H groups in total. The van der Waals surface area contributed by atoms with Crippen LogP contribution in [0.3, 0.4) is 0 Å². The summed E-state index contributed by atoms with van der Waals surface area (Å²) in [7, 11) is -4.54. The number of ether oxygens (including phenoxy) is 1. The van der Waals surface area contributed by atoms with E-state index in [2.05, 4.69) is 31.9 Å². The summed E-state index contributed by atoms with van der Waals surface area (Å²) in [6, 6.07) is 10.3. The topological polar surface area (TPSA) is 102 Å². The lowest BCUT2D eigenvalue weighted by molar-refractivity contribution is -0.145. The molecule has 12 heteroatoms. The molecular weight excluding hydrogens is 660 g/mol. The Morgan fingerprint density at radius 2 is 1.72 bits per heavy atom. The standard InChI is InChI=1S/C27H29Br2F2N3O4S/c1-16(2)38-23-10-3-17-15-21(8-9-22(17)24(23)29)39(36,37)33-25(26(35)34-13-11-20(32)12-14-34)27(30,31)18-4-6-19(28)7-5-18/h3-10,15-16,20,25,33H,11-14,32H2,1-2H3/t25-/m1/s1. The van der Waals surface area contributed by atoms with Crippen molar-refractivity contribution in [2.24, 2.45) is 5.73 Å². The maximum absolute atomic E-state index is 15.9. The van der Waals surface area contributed by atoms with Crippen LogP contribution in [0.4, 0.5) is 8.78 Å². The lowest BCUT2D eigenvalue weighted by atomic mass is 9.99. The number of benzene rings is 3. The molecule has 1 heterocycles. The average molecular weight is 689 g/mol. The number of sulfonamides is 1.